The molecule has 30 heavy (non-hydrogen) atoms. The van der Waals surface area contributed by atoms with E-state index in [9.17, 15) is 4.79 Å². The monoisotopic (exact) mass is 408 g/mol. The predicted octanol–water partition coefficient (Wildman–Crippen LogP) is 2.96. The van der Waals surface area contributed by atoms with Crippen LogP contribution >= 0.6 is 0 Å². The number of benzene rings is 1. The van der Waals surface area contributed by atoms with Crippen molar-refractivity contribution in [3.8, 4) is 0 Å². The third kappa shape index (κ3) is 5.95. The largest absolute Gasteiger partial charge is 0.357 e. The number of carbonyl (C=O) groups excluding carboxylic acids is 1. The summed E-state index contributed by atoms with van der Waals surface area (Å²) >= 11 is 0. The Bertz CT molecular complexity index is 827. The van der Waals surface area contributed by atoms with E-state index in [0.717, 1.165) is 55.8 Å². The van der Waals surface area contributed by atoms with Crippen LogP contribution in [0.25, 0.3) is 0 Å². The first-order chi connectivity index (χ1) is 14.6. The molecule has 2 aromatic rings. The summed E-state index contributed by atoms with van der Waals surface area (Å²) in [5.41, 5.74) is 1.93. The van der Waals surface area contributed by atoms with Crippen molar-refractivity contribution < 1.29 is 4.79 Å². The highest BCUT2D eigenvalue weighted by Crippen LogP contribution is 2.14. The maximum Gasteiger partial charge on any atom is 0.226 e. The highest BCUT2D eigenvalue weighted by atomic mass is 16.1. The topological polar surface area (TPSA) is 72.9 Å². The number of aromatic nitrogens is 1. The summed E-state index contributed by atoms with van der Waals surface area (Å²) in [6, 6.07) is 13.9. The minimum Gasteiger partial charge on any atom is -0.357 e. The van der Waals surface area contributed by atoms with E-state index in [4.69, 9.17) is 4.99 Å². The molecule has 0 unspecified atom stereocenters. The van der Waals surface area contributed by atoms with Crippen molar-refractivity contribution in [1.29, 1.82) is 0 Å². The van der Waals surface area contributed by atoms with Crippen LogP contribution < -0.4 is 15.5 Å². The SMILES string of the molecule is CCNC(=NCc1ccc(NC(=O)C(C)C)cc1)N1CCN(c2ccccn2)CC1. The molecule has 1 aliphatic rings. The number of hydrogen-bond donors (Lipinski definition) is 2. The first-order valence-electron chi connectivity index (χ1n) is 10.7. The van der Waals surface area contributed by atoms with Gasteiger partial charge in [-0.3, -0.25) is 4.79 Å². The first-order valence-corrected chi connectivity index (χ1v) is 10.7. The maximum absolute atomic E-state index is 11.8. The fourth-order valence-corrected chi connectivity index (χ4v) is 3.26. The Kier molecular flexibility index (Phi) is 7.65. The smallest absolute Gasteiger partial charge is 0.226 e. The number of guanidine groups is 1. The summed E-state index contributed by atoms with van der Waals surface area (Å²) in [7, 11) is 0. The quantitative estimate of drug-likeness (QED) is 0.568. The lowest BCUT2D eigenvalue weighted by Gasteiger charge is -2.37. The summed E-state index contributed by atoms with van der Waals surface area (Å²) in [6.45, 7) is 10.9. The molecule has 0 radical (unpaired) electrons. The molecule has 0 saturated carbocycles. The molecule has 0 atom stereocenters. The van der Waals surface area contributed by atoms with Crippen molar-refractivity contribution in [3.05, 3.63) is 54.2 Å². The van der Waals surface area contributed by atoms with Gasteiger partial charge < -0.3 is 20.4 Å². The van der Waals surface area contributed by atoms with Crippen LogP contribution in [0.4, 0.5) is 11.5 Å². The van der Waals surface area contributed by atoms with Gasteiger partial charge in [0.15, 0.2) is 5.96 Å². The molecule has 1 aliphatic heterocycles. The van der Waals surface area contributed by atoms with Gasteiger partial charge in [0.05, 0.1) is 6.54 Å². The molecule has 0 bridgehead atoms. The third-order valence-corrected chi connectivity index (χ3v) is 5.04. The fraction of sp³-hybridized carbons (Fsp3) is 0.435. The highest BCUT2D eigenvalue weighted by molar-refractivity contribution is 5.92. The van der Waals surface area contributed by atoms with Crippen LogP contribution in [0.2, 0.25) is 0 Å². The van der Waals surface area contributed by atoms with Crippen molar-refractivity contribution in [2.75, 3.05) is 42.9 Å². The number of carbonyl (C=O) groups is 1. The van der Waals surface area contributed by atoms with Crippen molar-refractivity contribution in [2.24, 2.45) is 10.9 Å². The molecule has 0 spiro atoms. The zero-order chi connectivity index (χ0) is 21.3. The molecule has 1 saturated heterocycles. The minimum atomic E-state index is -0.0323. The molecule has 2 N–H and O–H groups in total. The molecule has 7 heteroatoms. The Labute approximate surface area is 179 Å². The van der Waals surface area contributed by atoms with Crippen molar-refractivity contribution in [3.63, 3.8) is 0 Å². The molecule has 1 fully saturated rings. The summed E-state index contributed by atoms with van der Waals surface area (Å²) in [5, 5.41) is 6.33. The second kappa shape index (κ2) is 10.6. The van der Waals surface area contributed by atoms with Gasteiger partial charge in [-0.05, 0) is 36.8 Å². The number of piperazine rings is 1. The Hall–Kier alpha value is -3.09. The average Bonchev–Trinajstić information content (AvgIpc) is 2.78. The van der Waals surface area contributed by atoms with Gasteiger partial charge in [-0.1, -0.05) is 32.0 Å². The third-order valence-electron chi connectivity index (χ3n) is 5.04. The van der Waals surface area contributed by atoms with E-state index < -0.39 is 0 Å². The van der Waals surface area contributed by atoms with Gasteiger partial charge in [0.1, 0.15) is 5.82 Å². The Morgan fingerprint density at radius 3 is 2.43 bits per heavy atom. The van der Waals surface area contributed by atoms with E-state index in [1.165, 1.54) is 0 Å². The number of nitrogens with zero attached hydrogens (tertiary/aromatic N) is 4. The van der Waals surface area contributed by atoms with Crippen LogP contribution in [-0.2, 0) is 11.3 Å². The lowest BCUT2D eigenvalue weighted by Crippen LogP contribution is -2.52. The fourth-order valence-electron chi connectivity index (χ4n) is 3.26. The molecule has 2 heterocycles. The van der Waals surface area contributed by atoms with E-state index in [1.807, 2.05) is 56.4 Å². The second-order valence-corrected chi connectivity index (χ2v) is 7.67. The molecule has 1 aromatic carbocycles. The summed E-state index contributed by atoms with van der Waals surface area (Å²) < 4.78 is 0. The second-order valence-electron chi connectivity index (χ2n) is 7.67. The standard InChI is InChI=1S/C23H32N6O/c1-4-24-23(29-15-13-28(14-16-29)21-7-5-6-12-25-21)26-17-19-8-10-20(11-9-19)27-22(30)18(2)3/h5-12,18H,4,13-17H2,1-3H3,(H,24,26)(H,27,30). The van der Waals surface area contributed by atoms with Gasteiger partial charge in [0, 0.05) is 50.5 Å². The van der Waals surface area contributed by atoms with Crippen molar-refractivity contribution in [2.45, 2.75) is 27.3 Å². The normalized spacial score (nSPS) is 14.7. The van der Waals surface area contributed by atoms with Crippen LogP contribution in [0.5, 0.6) is 0 Å². The Morgan fingerprint density at radius 1 is 1.10 bits per heavy atom. The van der Waals surface area contributed by atoms with Gasteiger partial charge in [-0.25, -0.2) is 9.98 Å². The van der Waals surface area contributed by atoms with E-state index in [-0.39, 0.29) is 11.8 Å². The number of anilines is 2. The number of rotatable bonds is 6. The predicted molar refractivity (Wildman–Crippen MR) is 123 cm³/mol. The number of pyridine rings is 1. The van der Waals surface area contributed by atoms with Crippen LogP contribution in [0.3, 0.4) is 0 Å². The number of hydrogen-bond acceptors (Lipinski definition) is 4. The highest BCUT2D eigenvalue weighted by Gasteiger charge is 2.20. The molecular weight excluding hydrogens is 376 g/mol. The van der Waals surface area contributed by atoms with E-state index in [1.54, 1.807) is 0 Å². The van der Waals surface area contributed by atoms with Crippen LogP contribution in [0.15, 0.2) is 53.7 Å². The molecule has 1 amide bonds. The number of aliphatic imine (C=N–C) groups is 1. The average molecular weight is 409 g/mol. The minimum absolute atomic E-state index is 0.0278. The van der Waals surface area contributed by atoms with Gasteiger partial charge in [0.25, 0.3) is 0 Å². The molecule has 3 rings (SSSR count). The van der Waals surface area contributed by atoms with Gasteiger partial charge in [0.2, 0.25) is 5.91 Å². The van der Waals surface area contributed by atoms with Crippen LogP contribution in [-0.4, -0.2) is 54.5 Å². The molecular formula is C23H32N6O. The van der Waals surface area contributed by atoms with Gasteiger partial charge in [-0.15, -0.1) is 0 Å². The number of nitrogens with one attached hydrogen (secondary N) is 2. The van der Waals surface area contributed by atoms with E-state index >= 15 is 0 Å². The lowest BCUT2D eigenvalue weighted by molar-refractivity contribution is -0.118. The zero-order valence-electron chi connectivity index (χ0n) is 18.1. The van der Waals surface area contributed by atoms with E-state index in [0.29, 0.717) is 6.54 Å². The molecule has 160 valence electrons. The van der Waals surface area contributed by atoms with Crippen LogP contribution in [0, 0.1) is 5.92 Å². The van der Waals surface area contributed by atoms with Gasteiger partial charge in [-0.2, -0.15) is 0 Å². The van der Waals surface area contributed by atoms with Crippen molar-refractivity contribution in [1.82, 2.24) is 15.2 Å². The van der Waals surface area contributed by atoms with Gasteiger partial charge >= 0.3 is 0 Å². The molecule has 7 nitrogen and oxygen atoms in total. The summed E-state index contributed by atoms with van der Waals surface area (Å²) in [5.74, 6) is 1.97. The van der Waals surface area contributed by atoms with E-state index in [2.05, 4.69) is 38.4 Å². The van der Waals surface area contributed by atoms with Crippen LogP contribution in [0.1, 0.15) is 26.3 Å². The Balaban J connectivity index is 1.57. The maximum atomic E-state index is 11.8. The zero-order valence-corrected chi connectivity index (χ0v) is 18.1. The Morgan fingerprint density at radius 2 is 1.83 bits per heavy atom. The number of amides is 1. The molecule has 0 aliphatic carbocycles. The lowest BCUT2D eigenvalue weighted by atomic mass is 10.1. The first kappa shape index (κ1) is 21.6. The van der Waals surface area contributed by atoms with Crippen molar-refractivity contribution >= 4 is 23.4 Å². The molecule has 1 aromatic heterocycles. The summed E-state index contributed by atoms with van der Waals surface area (Å²) in [6.07, 6.45) is 1.84. The summed E-state index contributed by atoms with van der Waals surface area (Å²) in [4.78, 5) is 25.7.